The van der Waals surface area contributed by atoms with Gasteiger partial charge in [-0.3, -0.25) is 0 Å². The van der Waals surface area contributed by atoms with E-state index >= 15 is 0 Å². The van der Waals surface area contributed by atoms with Crippen molar-refractivity contribution < 1.29 is 14.6 Å². The Morgan fingerprint density at radius 2 is 1.96 bits per heavy atom. The summed E-state index contributed by atoms with van der Waals surface area (Å²) in [6.45, 7) is 0.361. The quantitative estimate of drug-likeness (QED) is 0.609. The molecule has 0 saturated heterocycles. The molecule has 6 heteroatoms. The highest BCUT2D eigenvalue weighted by molar-refractivity contribution is 7.09. The molecule has 3 rings (SSSR count). The Hall–Kier alpha value is -2.63. The molecule has 0 fully saturated rings. The predicted molar refractivity (Wildman–Crippen MR) is 100 cm³/mol. The van der Waals surface area contributed by atoms with Crippen LogP contribution in [0.4, 0.5) is 0 Å². The van der Waals surface area contributed by atoms with E-state index in [1.807, 2.05) is 29.6 Å². The van der Waals surface area contributed by atoms with Crippen LogP contribution in [0.3, 0.4) is 0 Å². The van der Waals surface area contributed by atoms with Gasteiger partial charge in [0.2, 0.25) is 0 Å². The van der Waals surface area contributed by atoms with Crippen LogP contribution in [0.2, 0.25) is 5.02 Å². The lowest BCUT2D eigenvalue weighted by Gasteiger charge is -2.04. The third kappa shape index (κ3) is 4.68. The molecule has 0 aliphatic heterocycles. The summed E-state index contributed by atoms with van der Waals surface area (Å²) in [7, 11) is 0. The number of thiazole rings is 1. The van der Waals surface area contributed by atoms with E-state index < -0.39 is 5.97 Å². The molecule has 0 aliphatic carbocycles. The first kappa shape index (κ1) is 17.2. The van der Waals surface area contributed by atoms with Gasteiger partial charge in [-0.1, -0.05) is 41.9 Å². The summed E-state index contributed by atoms with van der Waals surface area (Å²) in [6.07, 6.45) is 2.63. The summed E-state index contributed by atoms with van der Waals surface area (Å²) in [5.74, 6) is -0.277. The predicted octanol–water partition coefficient (Wildman–Crippen LogP) is 5.14. The molecule has 0 amide bonds. The van der Waals surface area contributed by atoms with E-state index in [1.54, 1.807) is 24.3 Å². The topological polar surface area (TPSA) is 59.4 Å². The lowest BCUT2D eigenvalue weighted by Crippen LogP contribution is -1.95. The molecule has 1 N–H and O–H groups in total. The van der Waals surface area contributed by atoms with Gasteiger partial charge in [-0.05, 0) is 29.8 Å². The van der Waals surface area contributed by atoms with Crippen molar-refractivity contribution in [2.24, 2.45) is 0 Å². The van der Waals surface area contributed by atoms with E-state index in [9.17, 15) is 4.79 Å². The minimum Gasteiger partial charge on any atom is -0.486 e. The van der Waals surface area contributed by atoms with Crippen molar-refractivity contribution in [3.8, 4) is 17.0 Å². The van der Waals surface area contributed by atoms with Crippen LogP contribution >= 0.6 is 22.9 Å². The van der Waals surface area contributed by atoms with E-state index in [1.165, 1.54) is 17.4 Å². The third-order valence-electron chi connectivity index (χ3n) is 3.36. The van der Waals surface area contributed by atoms with Gasteiger partial charge in [-0.25, -0.2) is 9.78 Å². The van der Waals surface area contributed by atoms with Gasteiger partial charge < -0.3 is 9.84 Å². The van der Waals surface area contributed by atoms with Crippen molar-refractivity contribution in [1.82, 2.24) is 4.98 Å². The smallest absolute Gasteiger partial charge is 0.328 e. The molecule has 126 valence electrons. The maximum Gasteiger partial charge on any atom is 0.328 e. The fraction of sp³-hybridized carbons (Fsp3) is 0.0526. The normalized spacial score (nSPS) is 10.9. The molecule has 0 radical (unpaired) electrons. The molecule has 3 aromatic rings. The second-order valence-electron chi connectivity index (χ2n) is 5.14. The molecular formula is C19H14ClNO3S. The zero-order valence-corrected chi connectivity index (χ0v) is 14.6. The highest BCUT2D eigenvalue weighted by Gasteiger charge is 2.08. The Labute approximate surface area is 154 Å². The van der Waals surface area contributed by atoms with Crippen LogP contribution in [-0.2, 0) is 11.4 Å². The maximum atomic E-state index is 10.5. The van der Waals surface area contributed by atoms with Gasteiger partial charge in [0.1, 0.15) is 17.4 Å². The number of hydrogen-bond donors (Lipinski definition) is 1. The molecule has 0 unspecified atom stereocenters. The summed E-state index contributed by atoms with van der Waals surface area (Å²) in [5.41, 5.74) is 2.54. The van der Waals surface area contributed by atoms with Crippen LogP contribution in [0, 0.1) is 0 Å². The number of ether oxygens (including phenoxy) is 1. The fourth-order valence-corrected chi connectivity index (χ4v) is 3.10. The zero-order chi connectivity index (χ0) is 17.6. The van der Waals surface area contributed by atoms with Crippen LogP contribution < -0.4 is 4.74 Å². The summed E-state index contributed by atoms with van der Waals surface area (Å²) < 4.78 is 5.73. The Morgan fingerprint density at radius 3 is 2.68 bits per heavy atom. The van der Waals surface area contributed by atoms with Gasteiger partial charge in [-0.15, -0.1) is 11.3 Å². The van der Waals surface area contributed by atoms with E-state index in [0.717, 1.165) is 27.9 Å². The highest BCUT2D eigenvalue weighted by atomic mass is 35.5. The van der Waals surface area contributed by atoms with Crippen molar-refractivity contribution in [3.63, 3.8) is 0 Å². The molecule has 4 nitrogen and oxygen atoms in total. The molecule has 0 aliphatic rings. The van der Waals surface area contributed by atoms with Crippen molar-refractivity contribution >= 4 is 35.0 Å². The summed E-state index contributed by atoms with van der Waals surface area (Å²) >= 11 is 7.71. The van der Waals surface area contributed by atoms with Gasteiger partial charge in [0.25, 0.3) is 0 Å². The van der Waals surface area contributed by atoms with Crippen LogP contribution in [0.1, 0.15) is 10.6 Å². The van der Waals surface area contributed by atoms with Gasteiger partial charge in [0.15, 0.2) is 0 Å². The first-order valence-electron chi connectivity index (χ1n) is 7.45. The van der Waals surface area contributed by atoms with Crippen LogP contribution in [0.5, 0.6) is 5.75 Å². The van der Waals surface area contributed by atoms with Crippen molar-refractivity contribution in [2.45, 2.75) is 6.61 Å². The first-order chi connectivity index (χ1) is 12.1. The van der Waals surface area contributed by atoms with Crippen LogP contribution in [0.15, 0.2) is 60.0 Å². The average molecular weight is 372 g/mol. The number of benzene rings is 2. The van der Waals surface area contributed by atoms with E-state index in [4.69, 9.17) is 21.4 Å². The second kappa shape index (κ2) is 7.96. The summed E-state index contributed by atoms with van der Waals surface area (Å²) in [5, 5.41) is 12.1. The van der Waals surface area contributed by atoms with Crippen LogP contribution in [-0.4, -0.2) is 16.1 Å². The number of aliphatic carboxylic acids is 1. The lowest BCUT2D eigenvalue weighted by atomic mass is 10.2. The zero-order valence-electron chi connectivity index (χ0n) is 13.1. The lowest BCUT2D eigenvalue weighted by molar-refractivity contribution is -0.131. The largest absolute Gasteiger partial charge is 0.486 e. The van der Waals surface area contributed by atoms with Crippen molar-refractivity contribution in [1.29, 1.82) is 0 Å². The number of nitrogens with zero attached hydrogens (tertiary/aromatic N) is 1. The number of aromatic nitrogens is 1. The average Bonchev–Trinajstić information content (AvgIpc) is 3.08. The summed E-state index contributed by atoms with van der Waals surface area (Å²) in [6, 6.07) is 14.8. The second-order valence-corrected chi connectivity index (χ2v) is 6.49. The monoisotopic (exact) mass is 371 g/mol. The van der Waals surface area contributed by atoms with E-state index in [0.29, 0.717) is 17.4 Å². The number of carboxylic acids is 1. The Balaban J connectivity index is 1.63. The third-order valence-corrected chi connectivity index (χ3v) is 4.51. The Morgan fingerprint density at radius 1 is 1.20 bits per heavy atom. The van der Waals surface area contributed by atoms with Crippen LogP contribution in [0.25, 0.3) is 17.3 Å². The number of carboxylic acid groups (broad SMARTS) is 1. The minimum absolute atomic E-state index is 0.361. The first-order valence-corrected chi connectivity index (χ1v) is 8.71. The minimum atomic E-state index is -0.974. The molecule has 0 saturated carbocycles. The molecule has 0 bridgehead atoms. The van der Waals surface area contributed by atoms with Gasteiger partial charge >= 0.3 is 5.97 Å². The maximum absolute atomic E-state index is 10.5. The summed E-state index contributed by atoms with van der Waals surface area (Å²) in [4.78, 5) is 15.1. The molecule has 2 aromatic carbocycles. The van der Waals surface area contributed by atoms with Gasteiger partial charge in [0, 0.05) is 22.0 Å². The van der Waals surface area contributed by atoms with Gasteiger partial charge in [0.05, 0.1) is 5.69 Å². The fourth-order valence-electron chi connectivity index (χ4n) is 2.16. The Bertz CT molecular complexity index is 903. The number of carbonyl (C=O) groups is 1. The van der Waals surface area contributed by atoms with E-state index in [-0.39, 0.29) is 0 Å². The molecule has 1 aromatic heterocycles. The molecule has 0 spiro atoms. The SMILES string of the molecule is O=C(O)C=Cc1ccc(OCc2nc(-c3ccccc3Cl)cs2)cc1. The van der Waals surface area contributed by atoms with Crippen molar-refractivity contribution in [3.05, 3.63) is 75.6 Å². The molecular weight excluding hydrogens is 358 g/mol. The molecule has 1 heterocycles. The number of hydrogen-bond acceptors (Lipinski definition) is 4. The molecule has 0 atom stereocenters. The van der Waals surface area contributed by atoms with Gasteiger partial charge in [-0.2, -0.15) is 0 Å². The number of rotatable bonds is 6. The van der Waals surface area contributed by atoms with Crippen molar-refractivity contribution in [2.75, 3.05) is 0 Å². The standard InChI is InChI=1S/C19H14ClNO3S/c20-16-4-2-1-3-15(16)17-12-25-18(21-17)11-24-14-8-5-13(6-9-14)7-10-19(22)23/h1-10,12H,11H2,(H,22,23). The van der Waals surface area contributed by atoms with E-state index in [2.05, 4.69) is 4.98 Å². The number of halogens is 1. The Kier molecular flexibility index (Phi) is 5.48. The highest BCUT2D eigenvalue weighted by Crippen LogP contribution is 2.29. The molecule has 25 heavy (non-hydrogen) atoms.